The number of hydrogen-bond donors (Lipinski definition) is 2. The number of carbonyl (C=O) groups is 1. The van der Waals surface area contributed by atoms with Gasteiger partial charge in [0.1, 0.15) is 0 Å². The van der Waals surface area contributed by atoms with Crippen LogP contribution in [0.1, 0.15) is 37.8 Å². The first-order chi connectivity index (χ1) is 10.7. The molecule has 22 heavy (non-hydrogen) atoms. The van der Waals surface area contributed by atoms with Gasteiger partial charge in [-0.15, -0.1) is 0 Å². The molecule has 1 aromatic heterocycles. The third-order valence-corrected chi connectivity index (χ3v) is 4.20. The molecule has 2 aromatic rings. The van der Waals surface area contributed by atoms with E-state index in [2.05, 4.69) is 15.7 Å². The van der Waals surface area contributed by atoms with Crippen molar-refractivity contribution in [3.8, 4) is 5.69 Å². The van der Waals surface area contributed by atoms with Gasteiger partial charge in [-0.1, -0.05) is 37.5 Å². The topological polar surface area (TPSA) is 59.0 Å². The van der Waals surface area contributed by atoms with Crippen molar-refractivity contribution in [1.29, 1.82) is 0 Å². The van der Waals surface area contributed by atoms with E-state index in [1.165, 1.54) is 19.3 Å². The van der Waals surface area contributed by atoms with Crippen LogP contribution in [0.3, 0.4) is 0 Å². The Labute approximate surface area is 130 Å². The van der Waals surface area contributed by atoms with Crippen LogP contribution < -0.4 is 10.6 Å². The summed E-state index contributed by atoms with van der Waals surface area (Å²) in [6.07, 6.45) is 7.54. The molecule has 1 fully saturated rings. The highest BCUT2D eigenvalue weighted by Crippen LogP contribution is 2.19. The maximum Gasteiger partial charge on any atom is 0.319 e. The Hall–Kier alpha value is -2.30. The zero-order valence-electron chi connectivity index (χ0n) is 12.9. The highest BCUT2D eigenvalue weighted by Gasteiger charge is 2.17. The summed E-state index contributed by atoms with van der Waals surface area (Å²) in [6, 6.07) is 10.1. The van der Waals surface area contributed by atoms with E-state index in [4.69, 9.17) is 0 Å². The number of nitrogens with zero attached hydrogens (tertiary/aromatic N) is 2. The Balaban J connectivity index is 1.65. The Morgan fingerprint density at radius 3 is 2.64 bits per heavy atom. The predicted octanol–water partition coefficient (Wildman–Crippen LogP) is 3.63. The van der Waals surface area contributed by atoms with Gasteiger partial charge in [-0.2, -0.15) is 5.10 Å². The summed E-state index contributed by atoms with van der Waals surface area (Å²) in [5, 5.41) is 10.3. The second kappa shape index (κ2) is 6.64. The van der Waals surface area contributed by atoms with Crippen LogP contribution in [0, 0.1) is 6.92 Å². The first-order valence-corrected chi connectivity index (χ1v) is 7.91. The molecule has 2 amide bonds. The Kier molecular flexibility index (Phi) is 4.42. The van der Waals surface area contributed by atoms with Crippen molar-refractivity contribution in [2.75, 3.05) is 5.32 Å². The van der Waals surface area contributed by atoms with E-state index in [1.54, 1.807) is 6.20 Å². The second-order valence-corrected chi connectivity index (χ2v) is 5.82. The lowest BCUT2D eigenvalue weighted by molar-refractivity contribution is 0.244. The van der Waals surface area contributed by atoms with Gasteiger partial charge in [-0.3, -0.25) is 0 Å². The van der Waals surface area contributed by atoms with Crippen molar-refractivity contribution >= 4 is 11.7 Å². The summed E-state index contributed by atoms with van der Waals surface area (Å²) in [6.45, 7) is 1.95. The first kappa shape index (κ1) is 14.6. The lowest BCUT2D eigenvalue weighted by Crippen LogP contribution is -2.39. The smallest absolute Gasteiger partial charge is 0.319 e. The summed E-state index contributed by atoms with van der Waals surface area (Å²) >= 11 is 0. The Morgan fingerprint density at radius 1 is 1.18 bits per heavy atom. The SMILES string of the molecule is Cc1c(NC(=O)NC2CCCCC2)cnn1-c1ccccc1. The van der Waals surface area contributed by atoms with Gasteiger partial charge in [0.05, 0.1) is 23.3 Å². The van der Waals surface area contributed by atoms with Crippen LogP contribution in [0.5, 0.6) is 0 Å². The van der Waals surface area contributed by atoms with E-state index < -0.39 is 0 Å². The number of nitrogens with one attached hydrogen (secondary N) is 2. The highest BCUT2D eigenvalue weighted by atomic mass is 16.2. The van der Waals surface area contributed by atoms with Crippen LogP contribution in [0.2, 0.25) is 0 Å². The monoisotopic (exact) mass is 298 g/mol. The van der Waals surface area contributed by atoms with Crippen LogP contribution >= 0.6 is 0 Å². The Bertz CT molecular complexity index is 629. The molecule has 1 heterocycles. The molecule has 1 aliphatic rings. The average Bonchev–Trinajstić information content (AvgIpc) is 2.90. The molecule has 1 aromatic carbocycles. The minimum absolute atomic E-state index is 0.136. The van der Waals surface area contributed by atoms with Crippen molar-refractivity contribution < 1.29 is 4.79 Å². The fourth-order valence-electron chi connectivity index (χ4n) is 2.95. The lowest BCUT2D eigenvalue weighted by Gasteiger charge is -2.22. The largest absolute Gasteiger partial charge is 0.335 e. The van der Waals surface area contributed by atoms with E-state index in [0.29, 0.717) is 6.04 Å². The zero-order chi connectivity index (χ0) is 15.4. The Morgan fingerprint density at radius 2 is 1.91 bits per heavy atom. The van der Waals surface area contributed by atoms with Crippen molar-refractivity contribution in [2.45, 2.75) is 45.1 Å². The molecule has 116 valence electrons. The molecular formula is C17H22N4O. The summed E-state index contributed by atoms with van der Waals surface area (Å²) < 4.78 is 1.83. The number of rotatable bonds is 3. The molecule has 0 bridgehead atoms. The van der Waals surface area contributed by atoms with Crippen LogP contribution in [0.4, 0.5) is 10.5 Å². The van der Waals surface area contributed by atoms with Gasteiger partial charge >= 0.3 is 6.03 Å². The third kappa shape index (κ3) is 3.30. The van der Waals surface area contributed by atoms with Gasteiger partial charge in [0.2, 0.25) is 0 Å². The van der Waals surface area contributed by atoms with E-state index in [9.17, 15) is 4.79 Å². The average molecular weight is 298 g/mol. The molecule has 5 heteroatoms. The standard InChI is InChI=1S/C17H22N4O/c1-13-16(12-18-21(13)15-10-6-3-7-11-15)20-17(22)19-14-8-4-2-5-9-14/h3,6-7,10-12,14H,2,4-5,8-9H2,1H3,(H2,19,20,22). The quantitative estimate of drug-likeness (QED) is 0.909. The first-order valence-electron chi connectivity index (χ1n) is 7.91. The number of carbonyl (C=O) groups excluding carboxylic acids is 1. The fourth-order valence-corrected chi connectivity index (χ4v) is 2.95. The highest BCUT2D eigenvalue weighted by molar-refractivity contribution is 5.90. The van der Waals surface area contributed by atoms with E-state index in [0.717, 1.165) is 29.9 Å². The molecule has 0 aliphatic heterocycles. The van der Waals surface area contributed by atoms with Crippen LogP contribution in [-0.4, -0.2) is 21.9 Å². The number of benzene rings is 1. The fraction of sp³-hybridized carbons (Fsp3) is 0.412. The normalized spacial score (nSPS) is 15.5. The van der Waals surface area contributed by atoms with E-state index in [1.807, 2.05) is 41.9 Å². The van der Waals surface area contributed by atoms with Gasteiger partial charge in [-0.05, 0) is 31.9 Å². The van der Waals surface area contributed by atoms with Crippen molar-refractivity contribution in [3.63, 3.8) is 0 Å². The molecule has 1 aliphatic carbocycles. The molecule has 5 nitrogen and oxygen atoms in total. The summed E-state index contributed by atoms with van der Waals surface area (Å²) in [5.41, 5.74) is 2.66. The van der Waals surface area contributed by atoms with Crippen molar-refractivity contribution in [2.24, 2.45) is 0 Å². The molecule has 2 N–H and O–H groups in total. The van der Waals surface area contributed by atoms with Crippen LogP contribution in [-0.2, 0) is 0 Å². The number of aromatic nitrogens is 2. The van der Waals surface area contributed by atoms with Crippen LogP contribution in [0.25, 0.3) is 5.69 Å². The minimum atomic E-state index is -0.136. The van der Waals surface area contributed by atoms with E-state index in [-0.39, 0.29) is 6.03 Å². The number of anilines is 1. The molecule has 0 unspecified atom stereocenters. The third-order valence-electron chi connectivity index (χ3n) is 4.20. The van der Waals surface area contributed by atoms with Crippen molar-refractivity contribution in [3.05, 3.63) is 42.2 Å². The molecule has 3 rings (SSSR count). The minimum Gasteiger partial charge on any atom is -0.335 e. The summed E-state index contributed by atoms with van der Waals surface area (Å²) in [7, 11) is 0. The van der Waals surface area contributed by atoms with Gasteiger partial charge in [0.25, 0.3) is 0 Å². The predicted molar refractivity (Wildman–Crippen MR) is 87.3 cm³/mol. The van der Waals surface area contributed by atoms with Gasteiger partial charge in [0, 0.05) is 6.04 Å². The second-order valence-electron chi connectivity index (χ2n) is 5.82. The molecular weight excluding hydrogens is 276 g/mol. The molecule has 0 atom stereocenters. The summed E-state index contributed by atoms with van der Waals surface area (Å²) in [4.78, 5) is 12.1. The van der Waals surface area contributed by atoms with Crippen molar-refractivity contribution in [1.82, 2.24) is 15.1 Å². The van der Waals surface area contributed by atoms with E-state index >= 15 is 0 Å². The lowest BCUT2D eigenvalue weighted by atomic mass is 9.96. The number of urea groups is 1. The van der Waals surface area contributed by atoms with Gasteiger partial charge in [-0.25, -0.2) is 9.48 Å². The van der Waals surface area contributed by atoms with Gasteiger partial charge in [0.15, 0.2) is 0 Å². The van der Waals surface area contributed by atoms with Crippen LogP contribution in [0.15, 0.2) is 36.5 Å². The number of para-hydroxylation sites is 1. The number of amides is 2. The number of hydrogen-bond acceptors (Lipinski definition) is 2. The molecule has 1 saturated carbocycles. The maximum absolute atomic E-state index is 12.1. The maximum atomic E-state index is 12.1. The zero-order valence-corrected chi connectivity index (χ0v) is 12.9. The molecule has 0 saturated heterocycles. The van der Waals surface area contributed by atoms with Gasteiger partial charge < -0.3 is 10.6 Å². The molecule has 0 radical (unpaired) electrons. The summed E-state index contributed by atoms with van der Waals surface area (Å²) in [5.74, 6) is 0. The molecule has 0 spiro atoms.